The van der Waals surface area contributed by atoms with Crippen LogP contribution in [0.3, 0.4) is 0 Å². The maximum absolute atomic E-state index is 11.1. The average molecular weight is 260 g/mol. The smallest absolute Gasteiger partial charge is 0.258 e. The van der Waals surface area contributed by atoms with Gasteiger partial charge in [0.1, 0.15) is 5.69 Å². The molecule has 0 aliphatic heterocycles. The largest absolute Gasteiger partial charge is 0.329 e. The van der Waals surface area contributed by atoms with E-state index in [4.69, 9.17) is 11.6 Å². The van der Waals surface area contributed by atoms with Crippen LogP contribution in [0.1, 0.15) is 40.3 Å². The summed E-state index contributed by atoms with van der Waals surface area (Å²) in [5, 5.41) is 15.5. The molecule has 5 nitrogen and oxygen atoms in total. The molecule has 1 rings (SSSR count). The quantitative estimate of drug-likeness (QED) is 0.617. The summed E-state index contributed by atoms with van der Waals surface area (Å²) in [7, 11) is 0. The summed E-state index contributed by atoms with van der Waals surface area (Å²) in [6.07, 6.45) is 0. The van der Waals surface area contributed by atoms with E-state index in [-0.39, 0.29) is 10.8 Å². The van der Waals surface area contributed by atoms with E-state index in [0.717, 1.165) is 0 Å². The van der Waals surface area contributed by atoms with Gasteiger partial charge in [-0.05, 0) is 5.92 Å². The molecule has 0 fully saturated rings. The zero-order valence-electron chi connectivity index (χ0n) is 10.8. The SMILES string of the molecule is CC(C)Cn1nc(C(C)(C)C)c([N+](=O)[O-])c1Cl. The van der Waals surface area contributed by atoms with Crippen molar-refractivity contribution in [1.29, 1.82) is 0 Å². The van der Waals surface area contributed by atoms with Gasteiger partial charge >= 0.3 is 5.69 Å². The van der Waals surface area contributed by atoms with E-state index in [1.165, 1.54) is 4.68 Å². The van der Waals surface area contributed by atoms with Gasteiger partial charge in [-0.25, -0.2) is 4.68 Å². The first-order chi connectivity index (χ1) is 7.64. The molecule has 0 unspecified atom stereocenters. The number of aromatic nitrogens is 2. The lowest BCUT2D eigenvalue weighted by Crippen LogP contribution is -2.15. The normalized spacial score (nSPS) is 12.2. The minimum atomic E-state index is -0.452. The van der Waals surface area contributed by atoms with Crippen molar-refractivity contribution in [1.82, 2.24) is 9.78 Å². The van der Waals surface area contributed by atoms with Gasteiger partial charge in [0.2, 0.25) is 5.15 Å². The summed E-state index contributed by atoms with van der Waals surface area (Å²) in [6.45, 7) is 10.3. The molecule has 0 N–H and O–H groups in total. The molecule has 0 spiro atoms. The van der Waals surface area contributed by atoms with Crippen LogP contribution in [-0.4, -0.2) is 14.7 Å². The second-order valence-electron chi connectivity index (χ2n) is 5.57. The van der Waals surface area contributed by atoms with E-state index >= 15 is 0 Å². The predicted octanol–water partition coefficient (Wildman–Crippen LogP) is 3.40. The highest BCUT2D eigenvalue weighted by molar-refractivity contribution is 6.31. The van der Waals surface area contributed by atoms with Crippen molar-refractivity contribution in [3.05, 3.63) is 21.0 Å². The van der Waals surface area contributed by atoms with Crippen molar-refractivity contribution in [2.75, 3.05) is 0 Å². The van der Waals surface area contributed by atoms with Crippen LogP contribution in [-0.2, 0) is 12.0 Å². The van der Waals surface area contributed by atoms with Crippen LogP contribution < -0.4 is 0 Å². The highest BCUT2D eigenvalue weighted by Crippen LogP contribution is 2.36. The van der Waals surface area contributed by atoms with Crippen LogP contribution in [0.25, 0.3) is 0 Å². The van der Waals surface area contributed by atoms with Crippen LogP contribution in [0.4, 0.5) is 5.69 Å². The molecular formula is C11H18ClN3O2. The van der Waals surface area contributed by atoms with Crippen LogP contribution in [0.15, 0.2) is 0 Å². The van der Waals surface area contributed by atoms with Crippen molar-refractivity contribution in [3.8, 4) is 0 Å². The van der Waals surface area contributed by atoms with E-state index in [0.29, 0.717) is 18.2 Å². The number of halogens is 1. The zero-order chi connectivity index (χ0) is 13.4. The van der Waals surface area contributed by atoms with Crippen molar-refractivity contribution in [3.63, 3.8) is 0 Å². The van der Waals surface area contributed by atoms with Gasteiger partial charge in [-0.2, -0.15) is 5.10 Å². The summed E-state index contributed by atoms with van der Waals surface area (Å²) in [6, 6.07) is 0. The molecule has 0 aromatic carbocycles. The zero-order valence-corrected chi connectivity index (χ0v) is 11.6. The molecule has 0 aliphatic rings. The predicted molar refractivity (Wildman–Crippen MR) is 67.4 cm³/mol. The fraction of sp³-hybridized carbons (Fsp3) is 0.727. The third kappa shape index (κ3) is 2.97. The Bertz CT molecular complexity index is 433. The van der Waals surface area contributed by atoms with Gasteiger partial charge in [0, 0.05) is 12.0 Å². The van der Waals surface area contributed by atoms with E-state index < -0.39 is 10.3 Å². The third-order valence-corrected chi connectivity index (χ3v) is 2.67. The lowest BCUT2D eigenvalue weighted by molar-refractivity contribution is -0.385. The van der Waals surface area contributed by atoms with Gasteiger partial charge in [-0.1, -0.05) is 46.2 Å². The summed E-state index contributed by atoms with van der Waals surface area (Å²) < 4.78 is 1.52. The van der Waals surface area contributed by atoms with Gasteiger partial charge in [-0.15, -0.1) is 0 Å². The molecule has 0 atom stereocenters. The summed E-state index contributed by atoms with van der Waals surface area (Å²) in [5.74, 6) is 0.333. The molecule has 0 amide bonds. The molecule has 0 radical (unpaired) electrons. The standard InChI is InChI=1S/C11H18ClN3O2/c1-7(2)6-14-10(12)8(15(16)17)9(13-14)11(3,4)5/h7H,6H2,1-5H3. The van der Waals surface area contributed by atoms with Crippen LogP contribution >= 0.6 is 11.6 Å². The topological polar surface area (TPSA) is 61.0 Å². The average Bonchev–Trinajstić information content (AvgIpc) is 2.42. The summed E-state index contributed by atoms with van der Waals surface area (Å²) in [4.78, 5) is 10.6. The van der Waals surface area contributed by atoms with Gasteiger partial charge in [-0.3, -0.25) is 10.1 Å². The molecule has 6 heteroatoms. The Morgan fingerprint density at radius 1 is 1.47 bits per heavy atom. The Hall–Kier alpha value is -1.10. The highest BCUT2D eigenvalue weighted by atomic mass is 35.5. The minimum Gasteiger partial charge on any atom is -0.258 e. The Morgan fingerprint density at radius 2 is 2.00 bits per heavy atom. The third-order valence-electron chi connectivity index (χ3n) is 2.30. The van der Waals surface area contributed by atoms with Crippen molar-refractivity contribution >= 4 is 17.3 Å². The van der Waals surface area contributed by atoms with E-state index in [2.05, 4.69) is 5.10 Å². The van der Waals surface area contributed by atoms with Crippen molar-refractivity contribution in [2.45, 2.75) is 46.6 Å². The van der Waals surface area contributed by atoms with Crippen molar-refractivity contribution in [2.24, 2.45) is 5.92 Å². The maximum Gasteiger partial charge on any atom is 0.329 e. The van der Waals surface area contributed by atoms with Gasteiger partial charge < -0.3 is 0 Å². The Balaban J connectivity index is 3.35. The van der Waals surface area contributed by atoms with Gasteiger partial charge in [0.15, 0.2) is 0 Å². The second kappa shape index (κ2) is 4.64. The first-order valence-corrected chi connectivity index (χ1v) is 5.93. The monoisotopic (exact) mass is 259 g/mol. The second-order valence-corrected chi connectivity index (χ2v) is 5.93. The molecule has 1 heterocycles. The molecule has 0 saturated heterocycles. The minimum absolute atomic E-state index is 0.0696. The van der Waals surface area contributed by atoms with Gasteiger partial charge in [0.25, 0.3) is 0 Å². The summed E-state index contributed by atoms with van der Waals surface area (Å²) >= 11 is 6.03. The molecule has 0 saturated carbocycles. The molecule has 0 bridgehead atoms. The molecule has 1 aromatic rings. The fourth-order valence-corrected chi connectivity index (χ4v) is 1.83. The lowest BCUT2D eigenvalue weighted by Gasteiger charge is -2.13. The van der Waals surface area contributed by atoms with E-state index in [9.17, 15) is 10.1 Å². The van der Waals surface area contributed by atoms with Crippen LogP contribution in [0.5, 0.6) is 0 Å². The van der Waals surface area contributed by atoms with Crippen LogP contribution in [0.2, 0.25) is 5.15 Å². The maximum atomic E-state index is 11.1. The van der Waals surface area contributed by atoms with E-state index in [1.54, 1.807) is 0 Å². The number of nitro groups is 1. The first-order valence-electron chi connectivity index (χ1n) is 5.55. The van der Waals surface area contributed by atoms with E-state index in [1.807, 2.05) is 34.6 Å². The van der Waals surface area contributed by atoms with Crippen LogP contribution in [0, 0.1) is 16.0 Å². The first kappa shape index (κ1) is 14.0. The number of nitrogens with zero attached hydrogens (tertiary/aromatic N) is 3. The highest BCUT2D eigenvalue weighted by Gasteiger charge is 2.33. The molecule has 17 heavy (non-hydrogen) atoms. The molecule has 0 aliphatic carbocycles. The Morgan fingerprint density at radius 3 is 2.29 bits per heavy atom. The molecular weight excluding hydrogens is 242 g/mol. The van der Waals surface area contributed by atoms with Crippen molar-refractivity contribution < 1.29 is 4.92 Å². The molecule has 96 valence electrons. The molecule has 1 aromatic heterocycles. The summed E-state index contributed by atoms with van der Waals surface area (Å²) in [5.41, 5.74) is -0.0261. The Kier molecular flexibility index (Phi) is 3.81. The number of hydrogen-bond acceptors (Lipinski definition) is 3. The number of rotatable bonds is 3. The lowest BCUT2D eigenvalue weighted by atomic mass is 9.91. The van der Waals surface area contributed by atoms with Gasteiger partial charge in [0.05, 0.1) is 4.92 Å². The fourth-order valence-electron chi connectivity index (χ4n) is 1.57. The number of hydrogen-bond donors (Lipinski definition) is 0. The Labute approximate surface area is 106 Å².